The summed E-state index contributed by atoms with van der Waals surface area (Å²) in [5.74, 6) is -0.0559. The van der Waals surface area contributed by atoms with Gasteiger partial charge in [-0.05, 0) is 12.1 Å². The summed E-state index contributed by atoms with van der Waals surface area (Å²) in [7, 11) is 3.33. The van der Waals surface area contributed by atoms with Crippen LogP contribution in [0.3, 0.4) is 0 Å². The summed E-state index contributed by atoms with van der Waals surface area (Å²) in [6.45, 7) is 0.298. The van der Waals surface area contributed by atoms with Crippen molar-refractivity contribution in [2.45, 2.75) is 6.54 Å². The second-order valence-electron chi connectivity index (χ2n) is 4.52. The van der Waals surface area contributed by atoms with Crippen LogP contribution in [0.25, 0.3) is 0 Å². The molecule has 6 heteroatoms. The van der Waals surface area contributed by atoms with Gasteiger partial charge in [-0.2, -0.15) is 0 Å². The van der Waals surface area contributed by atoms with Gasteiger partial charge < -0.3 is 14.6 Å². The van der Waals surface area contributed by atoms with E-state index in [0.29, 0.717) is 28.0 Å². The first-order chi connectivity index (χ1) is 9.41. The van der Waals surface area contributed by atoms with Crippen molar-refractivity contribution in [1.82, 2.24) is 9.47 Å². The van der Waals surface area contributed by atoms with Gasteiger partial charge in [0.05, 0.1) is 5.02 Å². The highest BCUT2D eigenvalue weighted by Crippen LogP contribution is 2.26. The lowest BCUT2D eigenvalue weighted by molar-refractivity contribution is 0.0775. The number of hydrogen-bond acceptors (Lipinski definition) is 2. The van der Waals surface area contributed by atoms with Crippen LogP contribution in [0.4, 0.5) is 0 Å². The van der Waals surface area contributed by atoms with Gasteiger partial charge in [-0.3, -0.25) is 4.79 Å². The predicted molar refractivity (Wildman–Crippen MR) is 79.3 cm³/mol. The minimum atomic E-state index is -0.218. The lowest BCUT2D eigenvalue weighted by Crippen LogP contribution is -2.27. The number of rotatable bonds is 3. The van der Waals surface area contributed by atoms with E-state index in [4.69, 9.17) is 23.2 Å². The standard InChI is InChI=1S/C14H14Cl2N2O2/c1-17(8-9-5-3-4-6-12(9)19)14(20)11-7-10(15)13(16)18(11)2/h3-7,19H,8H2,1-2H3. The number of para-hydroxylation sites is 1. The quantitative estimate of drug-likeness (QED) is 0.945. The fraction of sp³-hybridized carbons (Fsp3) is 0.214. The average molecular weight is 313 g/mol. The molecule has 4 nitrogen and oxygen atoms in total. The molecule has 1 aromatic carbocycles. The van der Waals surface area contributed by atoms with Gasteiger partial charge in [-0.15, -0.1) is 0 Å². The average Bonchev–Trinajstić information content (AvgIpc) is 2.68. The number of hydrogen-bond donors (Lipinski definition) is 1. The summed E-state index contributed by atoms with van der Waals surface area (Å²) in [6.07, 6.45) is 0. The van der Waals surface area contributed by atoms with E-state index in [9.17, 15) is 9.90 Å². The van der Waals surface area contributed by atoms with Crippen molar-refractivity contribution in [3.8, 4) is 5.75 Å². The van der Waals surface area contributed by atoms with Crippen molar-refractivity contribution in [3.05, 3.63) is 51.8 Å². The maximum absolute atomic E-state index is 12.4. The van der Waals surface area contributed by atoms with Crippen LogP contribution in [0.2, 0.25) is 10.2 Å². The van der Waals surface area contributed by atoms with Crippen LogP contribution < -0.4 is 0 Å². The molecular weight excluding hydrogens is 299 g/mol. The molecule has 1 heterocycles. The van der Waals surface area contributed by atoms with E-state index in [1.165, 1.54) is 15.5 Å². The summed E-state index contributed by atoms with van der Waals surface area (Å²) in [4.78, 5) is 13.8. The van der Waals surface area contributed by atoms with Crippen LogP contribution in [0.1, 0.15) is 16.1 Å². The molecule has 0 saturated carbocycles. The van der Waals surface area contributed by atoms with Crippen LogP contribution >= 0.6 is 23.2 Å². The second kappa shape index (κ2) is 5.77. The molecule has 20 heavy (non-hydrogen) atoms. The van der Waals surface area contributed by atoms with Crippen LogP contribution in [0, 0.1) is 0 Å². The molecule has 1 aromatic heterocycles. The van der Waals surface area contributed by atoms with Crippen LogP contribution in [-0.4, -0.2) is 27.5 Å². The summed E-state index contributed by atoms with van der Waals surface area (Å²) in [5.41, 5.74) is 1.08. The number of phenolic OH excluding ortho intramolecular Hbond substituents is 1. The number of nitrogens with zero attached hydrogens (tertiary/aromatic N) is 2. The molecule has 0 bridgehead atoms. The SMILES string of the molecule is CN(Cc1ccccc1O)C(=O)c1cc(Cl)c(Cl)n1C. The van der Waals surface area contributed by atoms with E-state index in [2.05, 4.69) is 0 Å². The molecule has 1 N–H and O–H groups in total. The Balaban J connectivity index is 2.21. The molecule has 0 spiro atoms. The Bertz CT molecular complexity index is 653. The molecule has 0 aliphatic carbocycles. The van der Waals surface area contributed by atoms with E-state index in [1.807, 2.05) is 6.07 Å². The molecule has 0 fully saturated rings. The number of aromatic nitrogens is 1. The van der Waals surface area contributed by atoms with Crippen molar-refractivity contribution in [1.29, 1.82) is 0 Å². The monoisotopic (exact) mass is 312 g/mol. The molecule has 2 rings (SSSR count). The van der Waals surface area contributed by atoms with Crippen molar-refractivity contribution in [2.75, 3.05) is 7.05 Å². The topological polar surface area (TPSA) is 45.5 Å². The van der Waals surface area contributed by atoms with Gasteiger partial charge in [0.1, 0.15) is 16.6 Å². The molecule has 2 aromatic rings. The van der Waals surface area contributed by atoms with Gasteiger partial charge in [-0.25, -0.2) is 0 Å². The first kappa shape index (κ1) is 14.8. The Hall–Kier alpha value is -1.65. The number of halogens is 2. The zero-order chi connectivity index (χ0) is 14.9. The second-order valence-corrected chi connectivity index (χ2v) is 5.28. The number of carbonyl (C=O) groups is 1. The summed E-state index contributed by atoms with van der Waals surface area (Å²) < 4.78 is 1.54. The minimum Gasteiger partial charge on any atom is -0.508 e. The van der Waals surface area contributed by atoms with Gasteiger partial charge in [0.2, 0.25) is 0 Å². The number of aromatic hydroxyl groups is 1. The molecule has 0 aliphatic heterocycles. The largest absolute Gasteiger partial charge is 0.508 e. The minimum absolute atomic E-state index is 0.162. The highest BCUT2D eigenvalue weighted by Gasteiger charge is 2.19. The number of phenols is 1. The van der Waals surface area contributed by atoms with Gasteiger partial charge in [0.25, 0.3) is 5.91 Å². The third kappa shape index (κ3) is 2.76. The lowest BCUT2D eigenvalue weighted by atomic mass is 10.2. The number of carbonyl (C=O) groups excluding carboxylic acids is 1. The Morgan fingerprint density at radius 2 is 2.00 bits per heavy atom. The highest BCUT2D eigenvalue weighted by atomic mass is 35.5. The molecule has 0 atom stereocenters. The number of amides is 1. The van der Waals surface area contributed by atoms with Crippen molar-refractivity contribution in [3.63, 3.8) is 0 Å². The summed E-state index contributed by atoms with van der Waals surface area (Å²) >= 11 is 11.9. The molecule has 106 valence electrons. The third-order valence-corrected chi connectivity index (χ3v) is 3.92. The van der Waals surface area contributed by atoms with Gasteiger partial charge in [0.15, 0.2) is 0 Å². The molecule has 0 saturated heterocycles. The first-order valence-electron chi connectivity index (χ1n) is 5.95. The van der Waals surface area contributed by atoms with Gasteiger partial charge in [-0.1, -0.05) is 41.4 Å². The normalized spacial score (nSPS) is 10.6. The maximum atomic E-state index is 12.4. The van der Waals surface area contributed by atoms with Crippen LogP contribution in [-0.2, 0) is 13.6 Å². The maximum Gasteiger partial charge on any atom is 0.270 e. The predicted octanol–water partition coefficient (Wildman–Crippen LogP) is 3.31. The van der Waals surface area contributed by atoms with E-state index in [-0.39, 0.29) is 11.7 Å². The van der Waals surface area contributed by atoms with E-state index >= 15 is 0 Å². The van der Waals surface area contributed by atoms with E-state index < -0.39 is 0 Å². The van der Waals surface area contributed by atoms with Gasteiger partial charge >= 0.3 is 0 Å². The Morgan fingerprint density at radius 3 is 2.55 bits per heavy atom. The zero-order valence-corrected chi connectivity index (χ0v) is 12.6. The molecular formula is C14H14Cl2N2O2. The Morgan fingerprint density at radius 1 is 1.35 bits per heavy atom. The third-order valence-electron chi connectivity index (χ3n) is 3.08. The summed E-state index contributed by atoms with van der Waals surface area (Å²) in [5, 5.41) is 10.4. The fourth-order valence-corrected chi connectivity index (χ4v) is 2.29. The fourth-order valence-electron chi connectivity index (χ4n) is 1.91. The lowest BCUT2D eigenvalue weighted by Gasteiger charge is -2.18. The van der Waals surface area contributed by atoms with Gasteiger partial charge in [0, 0.05) is 26.2 Å². The first-order valence-corrected chi connectivity index (χ1v) is 6.70. The zero-order valence-electron chi connectivity index (χ0n) is 11.1. The summed E-state index contributed by atoms with van der Waals surface area (Å²) in [6, 6.07) is 8.43. The highest BCUT2D eigenvalue weighted by molar-refractivity contribution is 6.41. The van der Waals surface area contributed by atoms with Crippen molar-refractivity contribution >= 4 is 29.1 Å². The van der Waals surface area contributed by atoms with E-state index in [1.54, 1.807) is 32.3 Å². The van der Waals surface area contributed by atoms with E-state index in [0.717, 1.165) is 0 Å². The smallest absolute Gasteiger partial charge is 0.270 e. The Kier molecular flexibility index (Phi) is 4.26. The van der Waals surface area contributed by atoms with Crippen LogP contribution in [0.15, 0.2) is 30.3 Å². The van der Waals surface area contributed by atoms with Crippen molar-refractivity contribution in [2.24, 2.45) is 7.05 Å². The molecule has 0 aliphatic rings. The molecule has 0 radical (unpaired) electrons. The molecule has 1 amide bonds. The molecule has 0 unspecified atom stereocenters. The van der Waals surface area contributed by atoms with Crippen LogP contribution in [0.5, 0.6) is 5.75 Å². The van der Waals surface area contributed by atoms with Crippen molar-refractivity contribution < 1.29 is 9.90 Å². The number of benzene rings is 1. The Labute approximate surface area is 127 Å².